The summed E-state index contributed by atoms with van der Waals surface area (Å²) in [6, 6.07) is 4.29. The molecule has 4 aliphatic rings. The molecule has 0 bridgehead atoms. The van der Waals surface area contributed by atoms with E-state index in [9.17, 15) is 45.9 Å². The van der Waals surface area contributed by atoms with Crippen molar-refractivity contribution < 1.29 is 60.1 Å². The second-order valence-electron chi connectivity index (χ2n) is 16.5. The number of halogens is 3. The average molecular weight is 838 g/mol. The van der Waals surface area contributed by atoms with Crippen molar-refractivity contribution in [2.75, 3.05) is 20.3 Å². The van der Waals surface area contributed by atoms with Crippen molar-refractivity contribution in [2.45, 2.75) is 113 Å². The van der Waals surface area contributed by atoms with Gasteiger partial charge in [-0.3, -0.25) is 19.1 Å². The minimum absolute atomic E-state index is 0.0443. The molecule has 318 valence electrons. The number of sulfonamides is 1. The summed E-state index contributed by atoms with van der Waals surface area (Å²) < 4.78 is 84.8. The Morgan fingerprint density at radius 1 is 1.10 bits per heavy atom. The molecule has 15 nitrogen and oxygen atoms in total. The molecule has 1 aromatic carbocycles. The molecule has 3 heterocycles. The number of fused-ring (bicyclic) bond motifs is 3. The van der Waals surface area contributed by atoms with E-state index >= 15 is 0 Å². The molecular weight excluding hydrogens is 788 g/mol. The van der Waals surface area contributed by atoms with Gasteiger partial charge in [0.1, 0.15) is 34.2 Å². The van der Waals surface area contributed by atoms with Crippen LogP contribution in [0, 0.1) is 17.8 Å². The Hall–Kier alpha value is -4.65. The fourth-order valence-corrected chi connectivity index (χ4v) is 9.24. The molecule has 6 rings (SSSR count). The smallest absolute Gasteiger partial charge is 0.427 e. The van der Waals surface area contributed by atoms with Crippen molar-refractivity contribution in [3.05, 3.63) is 42.6 Å². The fourth-order valence-electron chi connectivity index (χ4n) is 7.79. The normalized spacial score (nSPS) is 28.9. The number of nitrogens with zero attached hydrogens (tertiary/aromatic N) is 2. The molecule has 4 amide bonds. The van der Waals surface area contributed by atoms with Gasteiger partial charge in [-0.2, -0.15) is 13.2 Å². The Bertz CT molecular complexity index is 2080. The van der Waals surface area contributed by atoms with Gasteiger partial charge in [0.25, 0.3) is 5.91 Å². The van der Waals surface area contributed by atoms with Gasteiger partial charge in [-0.1, -0.05) is 44.2 Å². The van der Waals surface area contributed by atoms with Gasteiger partial charge in [0, 0.05) is 23.1 Å². The maximum atomic E-state index is 14.7. The topological polar surface area (TPSA) is 203 Å². The second-order valence-corrected chi connectivity index (χ2v) is 18.6. The van der Waals surface area contributed by atoms with Crippen molar-refractivity contribution in [3.8, 4) is 11.6 Å². The molecule has 2 aromatic rings. The summed E-state index contributed by atoms with van der Waals surface area (Å²) in [5.41, 5.74) is -4.62. The molecule has 0 radical (unpaired) electrons. The molecule has 0 spiro atoms. The molecule has 2 aliphatic heterocycles. The lowest BCUT2D eigenvalue weighted by Crippen LogP contribution is -2.60. The number of aromatic nitrogens is 1. The lowest BCUT2D eigenvalue weighted by atomic mass is 9.88. The van der Waals surface area contributed by atoms with Gasteiger partial charge in [-0.25, -0.2) is 18.2 Å². The zero-order valence-corrected chi connectivity index (χ0v) is 33.7. The average Bonchev–Trinajstić information content (AvgIpc) is 4.06. The van der Waals surface area contributed by atoms with E-state index in [1.165, 1.54) is 13.3 Å². The standard InChI is InChI=1S/C39H50F3N5O10S/c1-22-10-6-7-11-24-18-38(24,34(51)46-58(53,54)37(21-48)14-15-37)45-31(49)28-17-25(56-32-27-13-9-8-12-26(27)29(55-5)19-43-32)20-47(28)33(50)30(23(2)16-22)44-35(52)57-36(3,4)39(40,41)42/h7-9,11-13,19,22-25,28,30,48H,6,10,14-18,20-21H2,1-5H3,(H,44,52)(H,45,49)(H,46,51). The highest BCUT2D eigenvalue weighted by Crippen LogP contribution is 2.48. The molecule has 7 unspecified atom stereocenters. The molecular formula is C39H50F3N5O10S. The molecule has 1 saturated heterocycles. The van der Waals surface area contributed by atoms with Crippen LogP contribution in [0.15, 0.2) is 42.6 Å². The van der Waals surface area contributed by atoms with Crippen LogP contribution in [0.4, 0.5) is 18.0 Å². The summed E-state index contributed by atoms with van der Waals surface area (Å²) in [5, 5.41) is 16.2. The number of hydrogen-bond donors (Lipinski definition) is 4. The molecule has 4 N–H and O–H groups in total. The summed E-state index contributed by atoms with van der Waals surface area (Å²) in [6.07, 6.45) is -0.629. The number of pyridine rings is 1. The van der Waals surface area contributed by atoms with Crippen molar-refractivity contribution in [1.82, 2.24) is 25.2 Å². The zero-order valence-electron chi connectivity index (χ0n) is 32.9. The highest BCUT2D eigenvalue weighted by atomic mass is 32.2. The third-order valence-corrected chi connectivity index (χ3v) is 14.0. The van der Waals surface area contributed by atoms with E-state index in [1.807, 2.05) is 13.0 Å². The summed E-state index contributed by atoms with van der Waals surface area (Å²) in [4.78, 5) is 61.8. The molecule has 7 atom stereocenters. The SMILES string of the molecule is COc1cnc(OC2CC3C(=O)NC4(C(=O)NS(=O)(=O)C5(CO)CC5)CC4C=CCCC(C)CC(C)C(NC(=O)OC(C)(C)C(F)(F)F)C(=O)N3C2)c2ccccc12. The summed E-state index contributed by atoms with van der Waals surface area (Å²) in [6.45, 7) is 4.02. The second kappa shape index (κ2) is 15.8. The lowest BCUT2D eigenvalue weighted by Gasteiger charge is -2.34. The lowest BCUT2D eigenvalue weighted by molar-refractivity contribution is -0.244. The quantitative estimate of drug-likeness (QED) is 0.267. The van der Waals surface area contributed by atoms with Crippen molar-refractivity contribution >= 4 is 44.6 Å². The predicted octanol–water partition coefficient (Wildman–Crippen LogP) is 3.89. The number of nitrogens with one attached hydrogen (secondary N) is 3. The first kappa shape index (κ1) is 42.9. The van der Waals surface area contributed by atoms with Crippen LogP contribution in [-0.4, -0.2) is 108 Å². The number of rotatable bonds is 9. The summed E-state index contributed by atoms with van der Waals surface area (Å²) >= 11 is 0. The van der Waals surface area contributed by atoms with Crippen LogP contribution in [-0.2, 0) is 29.1 Å². The number of benzene rings is 1. The van der Waals surface area contributed by atoms with Gasteiger partial charge >= 0.3 is 12.3 Å². The molecule has 2 aliphatic carbocycles. The van der Waals surface area contributed by atoms with Crippen molar-refractivity contribution in [2.24, 2.45) is 17.8 Å². The number of hydrogen-bond acceptors (Lipinski definition) is 11. The van der Waals surface area contributed by atoms with Crippen molar-refractivity contribution in [3.63, 3.8) is 0 Å². The number of carbonyl (C=O) groups excluding carboxylic acids is 4. The first-order valence-corrected chi connectivity index (χ1v) is 20.8. The highest BCUT2D eigenvalue weighted by molar-refractivity contribution is 7.91. The Balaban J connectivity index is 1.36. The maximum absolute atomic E-state index is 14.7. The largest absolute Gasteiger partial charge is 0.494 e. The third kappa shape index (κ3) is 8.42. The fraction of sp³-hybridized carbons (Fsp3) is 0.615. The van der Waals surface area contributed by atoms with Crippen LogP contribution in [0.1, 0.15) is 72.6 Å². The Kier molecular flexibility index (Phi) is 11.7. The van der Waals surface area contributed by atoms with Gasteiger partial charge in [-0.15, -0.1) is 0 Å². The van der Waals surface area contributed by atoms with E-state index in [0.717, 1.165) is 4.90 Å². The number of ether oxygens (including phenoxy) is 3. The summed E-state index contributed by atoms with van der Waals surface area (Å²) in [7, 11) is -2.85. The van der Waals surface area contributed by atoms with E-state index in [2.05, 4.69) is 20.3 Å². The van der Waals surface area contributed by atoms with Crippen LogP contribution in [0.25, 0.3) is 10.8 Å². The van der Waals surface area contributed by atoms with Crippen LogP contribution in [0.3, 0.4) is 0 Å². The number of amides is 4. The predicted molar refractivity (Wildman–Crippen MR) is 203 cm³/mol. The van der Waals surface area contributed by atoms with Crippen LogP contribution < -0.4 is 24.8 Å². The number of alkyl carbamates (subject to hydrolysis) is 1. The minimum Gasteiger partial charge on any atom is -0.494 e. The Morgan fingerprint density at radius 2 is 1.79 bits per heavy atom. The number of aliphatic hydroxyl groups is 1. The van der Waals surface area contributed by atoms with E-state index in [0.29, 0.717) is 49.6 Å². The van der Waals surface area contributed by atoms with Gasteiger partial charge in [0.15, 0.2) is 0 Å². The first-order valence-electron chi connectivity index (χ1n) is 19.3. The molecule has 1 aromatic heterocycles. The van der Waals surface area contributed by atoms with Crippen LogP contribution in [0.2, 0.25) is 0 Å². The zero-order chi connectivity index (χ0) is 42.4. The number of aliphatic hydroxyl groups excluding tert-OH is 1. The monoisotopic (exact) mass is 837 g/mol. The summed E-state index contributed by atoms with van der Waals surface area (Å²) in [5.74, 6) is -3.31. The van der Waals surface area contributed by atoms with Crippen molar-refractivity contribution in [1.29, 1.82) is 0 Å². The molecule has 2 saturated carbocycles. The number of alkyl halides is 3. The van der Waals surface area contributed by atoms with Crippen LogP contribution >= 0.6 is 0 Å². The number of carbonyl (C=O) groups is 4. The first-order chi connectivity index (χ1) is 27.2. The van der Waals surface area contributed by atoms with Gasteiger partial charge in [0.2, 0.25) is 33.3 Å². The van der Waals surface area contributed by atoms with Gasteiger partial charge in [-0.05, 0) is 70.3 Å². The van der Waals surface area contributed by atoms with Gasteiger partial charge in [0.05, 0.1) is 26.5 Å². The van der Waals surface area contributed by atoms with E-state index < -0.39 is 92.5 Å². The number of methoxy groups -OCH3 is 1. The minimum atomic E-state index is -4.92. The molecule has 58 heavy (non-hydrogen) atoms. The van der Waals surface area contributed by atoms with Gasteiger partial charge < -0.3 is 34.9 Å². The molecule has 19 heteroatoms. The maximum Gasteiger partial charge on any atom is 0.427 e. The van der Waals surface area contributed by atoms with E-state index in [1.54, 1.807) is 37.3 Å². The Labute approximate surface area is 334 Å². The Morgan fingerprint density at radius 3 is 2.43 bits per heavy atom. The van der Waals surface area contributed by atoms with Crippen LogP contribution in [0.5, 0.6) is 11.6 Å². The van der Waals surface area contributed by atoms with E-state index in [4.69, 9.17) is 14.2 Å². The third-order valence-electron chi connectivity index (χ3n) is 11.8. The highest BCUT2D eigenvalue weighted by Gasteiger charge is 2.64. The molecule has 3 fully saturated rings. The van der Waals surface area contributed by atoms with E-state index in [-0.39, 0.29) is 44.0 Å². The number of allylic oxidation sites excluding steroid dienone is 1.